The van der Waals surface area contributed by atoms with Crippen molar-refractivity contribution in [1.29, 1.82) is 0 Å². The topological polar surface area (TPSA) is 97.5 Å². The van der Waals surface area contributed by atoms with Gasteiger partial charge in [0.05, 0.1) is 12.8 Å². The number of ether oxygens (including phenoxy) is 1. The monoisotopic (exact) mass is 282 g/mol. The Morgan fingerprint density at radius 2 is 2.30 bits per heavy atom. The highest BCUT2D eigenvalue weighted by Crippen LogP contribution is 2.28. The second-order valence-electron chi connectivity index (χ2n) is 4.94. The van der Waals surface area contributed by atoms with Gasteiger partial charge in [-0.05, 0) is 18.8 Å². The van der Waals surface area contributed by atoms with Gasteiger partial charge in [0, 0.05) is 20.2 Å². The van der Waals surface area contributed by atoms with Crippen LogP contribution in [0.5, 0.6) is 0 Å². The molecule has 20 heavy (non-hydrogen) atoms. The van der Waals surface area contributed by atoms with Crippen LogP contribution in [-0.4, -0.2) is 63.7 Å². The summed E-state index contributed by atoms with van der Waals surface area (Å²) in [5.41, 5.74) is 0.135. The number of rotatable bonds is 8. The van der Waals surface area contributed by atoms with Crippen LogP contribution in [0.3, 0.4) is 0 Å². The molecule has 1 aromatic heterocycles. The van der Waals surface area contributed by atoms with Crippen molar-refractivity contribution >= 4 is 11.9 Å². The summed E-state index contributed by atoms with van der Waals surface area (Å²) in [4.78, 5) is 24.0. The van der Waals surface area contributed by atoms with E-state index in [1.54, 1.807) is 7.05 Å². The van der Waals surface area contributed by atoms with E-state index >= 15 is 0 Å². The van der Waals surface area contributed by atoms with Crippen LogP contribution < -0.4 is 0 Å². The van der Waals surface area contributed by atoms with E-state index in [-0.39, 0.29) is 18.1 Å². The Hall–Kier alpha value is -1.96. The third kappa shape index (κ3) is 4.30. The van der Waals surface area contributed by atoms with E-state index in [0.717, 1.165) is 11.3 Å². The maximum Gasteiger partial charge on any atom is 0.325 e. The zero-order valence-corrected chi connectivity index (χ0v) is 11.4. The van der Waals surface area contributed by atoms with Gasteiger partial charge in [0.15, 0.2) is 5.69 Å². The van der Waals surface area contributed by atoms with E-state index in [4.69, 9.17) is 9.84 Å². The number of aliphatic carboxylic acids is 1. The molecule has 0 saturated heterocycles. The molecule has 0 spiro atoms. The van der Waals surface area contributed by atoms with Crippen LogP contribution >= 0.6 is 0 Å². The highest BCUT2D eigenvalue weighted by atomic mass is 16.5. The van der Waals surface area contributed by atoms with Gasteiger partial charge in [-0.2, -0.15) is 0 Å². The Labute approximate surface area is 116 Å². The molecule has 1 fully saturated rings. The van der Waals surface area contributed by atoms with Crippen LogP contribution in [0.1, 0.15) is 23.3 Å². The van der Waals surface area contributed by atoms with Crippen molar-refractivity contribution < 1.29 is 19.4 Å². The second-order valence-corrected chi connectivity index (χ2v) is 4.94. The normalized spacial score (nSPS) is 14.2. The van der Waals surface area contributed by atoms with Gasteiger partial charge in [-0.15, -0.1) is 5.10 Å². The lowest BCUT2D eigenvalue weighted by Gasteiger charge is -2.15. The molecule has 1 amide bonds. The molecule has 1 aliphatic carbocycles. The summed E-state index contributed by atoms with van der Waals surface area (Å²) in [6.45, 7) is 1.41. The molecule has 8 nitrogen and oxygen atoms in total. The average Bonchev–Trinajstić information content (AvgIpc) is 3.11. The Morgan fingerprint density at radius 3 is 2.95 bits per heavy atom. The molecule has 1 heterocycles. The Morgan fingerprint density at radius 1 is 1.55 bits per heavy atom. The fourth-order valence-corrected chi connectivity index (χ4v) is 1.65. The van der Waals surface area contributed by atoms with Gasteiger partial charge in [0.1, 0.15) is 6.54 Å². The molecule has 1 aliphatic rings. The minimum absolute atomic E-state index is 0.135. The lowest BCUT2D eigenvalue weighted by atomic mass is 10.4. The molecule has 110 valence electrons. The second kappa shape index (κ2) is 6.47. The maximum atomic E-state index is 12.0. The zero-order chi connectivity index (χ0) is 14.5. The van der Waals surface area contributed by atoms with Crippen molar-refractivity contribution in [3.63, 3.8) is 0 Å². The number of carbonyl (C=O) groups is 2. The highest BCUT2D eigenvalue weighted by molar-refractivity contribution is 5.91. The predicted octanol–water partition coefficient (Wildman–Crippen LogP) is -0.139. The minimum atomic E-state index is -1.03. The molecular formula is C12H18N4O4. The number of hydrogen-bond acceptors (Lipinski definition) is 5. The predicted molar refractivity (Wildman–Crippen MR) is 68.2 cm³/mol. The number of likely N-dealkylation sites (N-methyl/N-ethyl adjacent to an activating group) is 1. The fourth-order valence-electron chi connectivity index (χ4n) is 1.65. The van der Waals surface area contributed by atoms with Gasteiger partial charge < -0.3 is 14.7 Å². The summed E-state index contributed by atoms with van der Waals surface area (Å²) in [6, 6.07) is 0. The number of nitrogens with zero attached hydrogens (tertiary/aromatic N) is 4. The van der Waals surface area contributed by atoms with Crippen molar-refractivity contribution in [2.75, 3.05) is 26.8 Å². The summed E-state index contributed by atoms with van der Waals surface area (Å²) >= 11 is 0. The van der Waals surface area contributed by atoms with Crippen LogP contribution in [0.4, 0.5) is 0 Å². The fraction of sp³-hybridized carbons (Fsp3) is 0.667. The van der Waals surface area contributed by atoms with Crippen LogP contribution in [0.2, 0.25) is 0 Å². The Bertz CT molecular complexity index is 484. The Kier molecular flexibility index (Phi) is 4.67. The molecule has 0 unspecified atom stereocenters. The smallest absolute Gasteiger partial charge is 0.325 e. The van der Waals surface area contributed by atoms with E-state index in [2.05, 4.69) is 10.3 Å². The van der Waals surface area contributed by atoms with Crippen molar-refractivity contribution in [1.82, 2.24) is 19.9 Å². The average molecular weight is 282 g/mol. The molecular weight excluding hydrogens is 264 g/mol. The van der Waals surface area contributed by atoms with Gasteiger partial charge >= 0.3 is 5.97 Å². The number of amides is 1. The first-order valence-corrected chi connectivity index (χ1v) is 6.51. The summed E-state index contributed by atoms with van der Waals surface area (Å²) in [6.07, 6.45) is 3.81. The van der Waals surface area contributed by atoms with Crippen molar-refractivity contribution in [3.8, 4) is 0 Å². The highest BCUT2D eigenvalue weighted by Gasteiger charge is 2.21. The number of carboxylic acids is 1. The standard InChI is InChI=1S/C12H18N4O4/c1-15(4-5-20-8-9-2-3-9)12(19)10-6-16(14-13-10)7-11(17)18/h6,9H,2-5,7-8H2,1H3,(H,17,18). The van der Waals surface area contributed by atoms with E-state index in [9.17, 15) is 9.59 Å². The first kappa shape index (κ1) is 14.4. The number of carboxylic acid groups (broad SMARTS) is 1. The molecule has 2 rings (SSSR count). The van der Waals surface area contributed by atoms with E-state index in [1.165, 1.54) is 23.9 Å². The SMILES string of the molecule is CN(CCOCC1CC1)C(=O)c1cn(CC(=O)O)nn1. The molecule has 0 aromatic carbocycles. The minimum Gasteiger partial charge on any atom is -0.480 e. The van der Waals surface area contributed by atoms with Crippen molar-refractivity contribution in [2.45, 2.75) is 19.4 Å². The molecule has 1 saturated carbocycles. The number of carbonyl (C=O) groups excluding carboxylic acids is 1. The lowest BCUT2D eigenvalue weighted by Crippen LogP contribution is -2.30. The molecule has 0 radical (unpaired) electrons. The summed E-state index contributed by atoms with van der Waals surface area (Å²) in [7, 11) is 1.65. The molecule has 0 atom stereocenters. The first-order chi connectivity index (χ1) is 9.56. The van der Waals surface area contributed by atoms with Crippen molar-refractivity contribution in [2.24, 2.45) is 5.92 Å². The summed E-state index contributed by atoms with van der Waals surface area (Å²) in [5, 5.41) is 15.9. The quantitative estimate of drug-likeness (QED) is 0.667. The van der Waals surface area contributed by atoms with Gasteiger partial charge in [0.25, 0.3) is 5.91 Å². The van der Waals surface area contributed by atoms with E-state index in [0.29, 0.717) is 19.1 Å². The zero-order valence-electron chi connectivity index (χ0n) is 11.4. The van der Waals surface area contributed by atoms with E-state index in [1.807, 2.05) is 0 Å². The summed E-state index contributed by atoms with van der Waals surface area (Å²) < 4.78 is 6.58. The number of aromatic nitrogens is 3. The third-order valence-corrected chi connectivity index (χ3v) is 3.02. The van der Waals surface area contributed by atoms with E-state index < -0.39 is 5.97 Å². The Balaban J connectivity index is 1.76. The van der Waals surface area contributed by atoms with Crippen molar-refractivity contribution in [3.05, 3.63) is 11.9 Å². The first-order valence-electron chi connectivity index (χ1n) is 6.51. The van der Waals surface area contributed by atoms with Crippen LogP contribution in [0.25, 0.3) is 0 Å². The molecule has 1 aromatic rings. The van der Waals surface area contributed by atoms with Gasteiger partial charge in [0.2, 0.25) is 0 Å². The van der Waals surface area contributed by atoms with Gasteiger partial charge in [-0.1, -0.05) is 5.21 Å². The van der Waals surface area contributed by atoms with Crippen LogP contribution in [0.15, 0.2) is 6.20 Å². The van der Waals surface area contributed by atoms with Crippen LogP contribution in [0, 0.1) is 5.92 Å². The summed E-state index contributed by atoms with van der Waals surface area (Å²) in [5.74, 6) is -0.626. The third-order valence-electron chi connectivity index (χ3n) is 3.02. The molecule has 0 bridgehead atoms. The van der Waals surface area contributed by atoms with Gasteiger partial charge in [-0.25, -0.2) is 4.68 Å². The molecule has 0 aliphatic heterocycles. The molecule has 8 heteroatoms. The lowest BCUT2D eigenvalue weighted by molar-refractivity contribution is -0.137. The largest absolute Gasteiger partial charge is 0.480 e. The van der Waals surface area contributed by atoms with Crippen LogP contribution in [-0.2, 0) is 16.1 Å². The van der Waals surface area contributed by atoms with Gasteiger partial charge in [-0.3, -0.25) is 9.59 Å². The maximum absolute atomic E-state index is 12.0. The number of hydrogen-bond donors (Lipinski definition) is 1. The molecule has 1 N–H and O–H groups in total.